The number of ether oxygens (including phenoxy) is 2. The van der Waals surface area contributed by atoms with Crippen molar-refractivity contribution in [2.75, 3.05) is 19.4 Å². The van der Waals surface area contributed by atoms with Gasteiger partial charge in [0.1, 0.15) is 18.7 Å². The number of methoxy groups -OCH3 is 1. The van der Waals surface area contributed by atoms with Crippen LogP contribution in [0.15, 0.2) is 65.6 Å². The molecule has 9 heteroatoms. The van der Waals surface area contributed by atoms with E-state index < -0.39 is 40.9 Å². The van der Waals surface area contributed by atoms with Crippen molar-refractivity contribution in [2.45, 2.75) is 42.8 Å². The molecule has 2 amide bonds. The summed E-state index contributed by atoms with van der Waals surface area (Å²) in [6.07, 6.45) is 0.692. The minimum Gasteiger partial charge on any atom is -0.467 e. The lowest BCUT2D eigenvalue weighted by molar-refractivity contribution is -0.145. The second kappa shape index (κ2) is 12.2. The highest BCUT2D eigenvalue weighted by molar-refractivity contribution is 7.85. The summed E-state index contributed by atoms with van der Waals surface area (Å²) in [4.78, 5) is 39.8. The van der Waals surface area contributed by atoms with Gasteiger partial charge in [0.05, 0.1) is 17.9 Å². The molecule has 1 fully saturated rings. The lowest BCUT2D eigenvalue weighted by Gasteiger charge is -2.25. The van der Waals surface area contributed by atoms with Gasteiger partial charge in [0.25, 0.3) is 0 Å². The van der Waals surface area contributed by atoms with E-state index in [4.69, 9.17) is 9.47 Å². The summed E-state index contributed by atoms with van der Waals surface area (Å²) in [5.74, 6) is -0.896. The fourth-order valence-corrected chi connectivity index (χ4v) is 4.78. The van der Waals surface area contributed by atoms with Crippen molar-refractivity contribution in [1.29, 1.82) is 0 Å². The molecule has 0 saturated carbocycles. The van der Waals surface area contributed by atoms with Crippen LogP contribution in [0, 0.1) is 0 Å². The van der Waals surface area contributed by atoms with Gasteiger partial charge in [-0.1, -0.05) is 48.5 Å². The molecule has 3 atom stereocenters. The molecule has 1 aliphatic rings. The van der Waals surface area contributed by atoms with Crippen LogP contribution in [0.5, 0.6) is 0 Å². The monoisotopic (exact) mass is 472 g/mol. The van der Waals surface area contributed by atoms with Crippen LogP contribution in [0.1, 0.15) is 24.8 Å². The van der Waals surface area contributed by atoms with Gasteiger partial charge in [0.15, 0.2) is 0 Å². The standard InChI is InChI=1S/C24H28N2O6S/c1-31-23(28)20(14-16-33(30)19-11-6-3-7-12-19)25-22(27)21-13-8-15-26(21)24(29)32-17-18-9-4-2-5-10-18/h2-7,9-12,20-21H,8,13-17H2,1H3,(H,25,27)/t20-,21-,33-/m1/s1. The summed E-state index contributed by atoms with van der Waals surface area (Å²) >= 11 is 0. The van der Waals surface area contributed by atoms with E-state index in [1.165, 1.54) is 12.0 Å². The maximum absolute atomic E-state index is 12.9. The Bertz CT molecular complexity index is 969. The molecule has 0 radical (unpaired) electrons. The summed E-state index contributed by atoms with van der Waals surface area (Å²) in [6, 6.07) is 16.5. The SMILES string of the molecule is COC(=O)[C@@H](CC[S@@](=O)c1ccccc1)NC(=O)[C@H]1CCCN1C(=O)OCc1ccccc1. The van der Waals surface area contributed by atoms with Crippen LogP contribution >= 0.6 is 0 Å². The predicted octanol–water partition coefficient (Wildman–Crippen LogP) is 2.64. The van der Waals surface area contributed by atoms with Gasteiger partial charge in [-0.3, -0.25) is 13.9 Å². The summed E-state index contributed by atoms with van der Waals surface area (Å²) < 4.78 is 22.7. The molecule has 0 unspecified atom stereocenters. The molecule has 3 rings (SSSR count). The molecule has 1 saturated heterocycles. The normalized spacial score (nSPS) is 17.1. The van der Waals surface area contributed by atoms with E-state index in [0.29, 0.717) is 24.3 Å². The summed E-state index contributed by atoms with van der Waals surface area (Å²) in [7, 11) is -0.0836. The van der Waals surface area contributed by atoms with E-state index in [0.717, 1.165) is 5.56 Å². The van der Waals surface area contributed by atoms with Gasteiger partial charge in [0.2, 0.25) is 5.91 Å². The number of rotatable bonds is 9. The van der Waals surface area contributed by atoms with E-state index >= 15 is 0 Å². The Hall–Kier alpha value is -3.20. The lowest BCUT2D eigenvalue weighted by atomic mass is 10.1. The highest BCUT2D eigenvalue weighted by Crippen LogP contribution is 2.20. The first-order valence-electron chi connectivity index (χ1n) is 10.8. The highest BCUT2D eigenvalue weighted by atomic mass is 32.2. The number of benzene rings is 2. The largest absolute Gasteiger partial charge is 0.467 e. The van der Waals surface area contributed by atoms with Gasteiger partial charge < -0.3 is 14.8 Å². The van der Waals surface area contributed by atoms with Gasteiger partial charge in [-0.25, -0.2) is 9.59 Å². The second-order valence-electron chi connectivity index (χ2n) is 7.63. The Morgan fingerprint density at radius 1 is 1.09 bits per heavy atom. The maximum Gasteiger partial charge on any atom is 0.410 e. The lowest BCUT2D eigenvalue weighted by Crippen LogP contribution is -2.51. The van der Waals surface area contributed by atoms with E-state index in [9.17, 15) is 18.6 Å². The number of carbonyl (C=O) groups excluding carboxylic acids is 3. The van der Waals surface area contributed by atoms with Gasteiger partial charge >= 0.3 is 12.1 Å². The van der Waals surface area contributed by atoms with Crippen molar-refractivity contribution in [3.8, 4) is 0 Å². The number of nitrogens with zero attached hydrogens (tertiary/aromatic N) is 1. The minimum absolute atomic E-state index is 0.112. The zero-order valence-electron chi connectivity index (χ0n) is 18.5. The number of amides is 2. The molecular weight excluding hydrogens is 444 g/mol. The van der Waals surface area contributed by atoms with Crippen molar-refractivity contribution < 1.29 is 28.1 Å². The van der Waals surface area contributed by atoms with Crippen molar-refractivity contribution in [2.24, 2.45) is 0 Å². The van der Waals surface area contributed by atoms with E-state index in [1.807, 2.05) is 36.4 Å². The van der Waals surface area contributed by atoms with E-state index in [1.54, 1.807) is 24.3 Å². The Morgan fingerprint density at radius 2 is 1.76 bits per heavy atom. The third-order valence-electron chi connectivity index (χ3n) is 5.40. The van der Waals surface area contributed by atoms with Crippen LogP contribution in [0.4, 0.5) is 4.79 Å². The van der Waals surface area contributed by atoms with E-state index in [2.05, 4.69) is 5.32 Å². The fourth-order valence-electron chi connectivity index (χ4n) is 3.63. The maximum atomic E-state index is 12.9. The Labute approximate surface area is 195 Å². The molecule has 33 heavy (non-hydrogen) atoms. The molecular formula is C24H28N2O6S. The number of carbonyl (C=O) groups is 3. The zero-order valence-corrected chi connectivity index (χ0v) is 19.3. The highest BCUT2D eigenvalue weighted by Gasteiger charge is 2.37. The van der Waals surface area contributed by atoms with Crippen LogP contribution in [0.3, 0.4) is 0 Å². The molecule has 0 bridgehead atoms. The Morgan fingerprint density at radius 3 is 2.42 bits per heavy atom. The molecule has 8 nitrogen and oxygen atoms in total. The molecule has 2 aromatic carbocycles. The third-order valence-corrected chi connectivity index (χ3v) is 6.80. The van der Waals surface area contributed by atoms with Crippen LogP contribution in [-0.2, 0) is 36.5 Å². The summed E-state index contributed by atoms with van der Waals surface area (Å²) in [5.41, 5.74) is 0.850. The molecule has 0 aliphatic carbocycles. The second-order valence-corrected chi connectivity index (χ2v) is 9.20. The predicted molar refractivity (Wildman–Crippen MR) is 123 cm³/mol. The van der Waals surface area contributed by atoms with Crippen LogP contribution in [0.25, 0.3) is 0 Å². The van der Waals surface area contributed by atoms with Crippen LogP contribution in [0.2, 0.25) is 0 Å². The first-order chi connectivity index (χ1) is 16.0. The average molecular weight is 473 g/mol. The smallest absolute Gasteiger partial charge is 0.410 e. The summed E-state index contributed by atoms with van der Waals surface area (Å²) in [6.45, 7) is 0.507. The first-order valence-corrected chi connectivity index (χ1v) is 12.1. The molecule has 1 N–H and O–H groups in total. The van der Waals surface area contributed by atoms with Gasteiger partial charge in [0, 0.05) is 17.2 Å². The van der Waals surface area contributed by atoms with Crippen molar-refractivity contribution in [3.63, 3.8) is 0 Å². The topological polar surface area (TPSA) is 102 Å². The number of likely N-dealkylation sites (tertiary alicyclic amines) is 1. The number of hydrogen-bond acceptors (Lipinski definition) is 6. The average Bonchev–Trinajstić information content (AvgIpc) is 3.36. The minimum atomic E-state index is -1.32. The molecule has 1 aliphatic heterocycles. The number of hydrogen-bond donors (Lipinski definition) is 1. The number of esters is 1. The quantitative estimate of drug-likeness (QED) is 0.563. The van der Waals surface area contributed by atoms with Crippen molar-refractivity contribution >= 4 is 28.8 Å². The van der Waals surface area contributed by atoms with Crippen LogP contribution < -0.4 is 5.32 Å². The molecule has 1 heterocycles. The zero-order chi connectivity index (χ0) is 23.6. The Balaban J connectivity index is 1.57. The Kier molecular flexibility index (Phi) is 9.00. The molecule has 2 aromatic rings. The summed E-state index contributed by atoms with van der Waals surface area (Å²) in [5, 5.41) is 2.68. The van der Waals surface area contributed by atoms with Crippen LogP contribution in [-0.4, -0.2) is 58.6 Å². The van der Waals surface area contributed by atoms with E-state index in [-0.39, 0.29) is 18.8 Å². The number of nitrogens with one attached hydrogen (secondary N) is 1. The first kappa shape index (κ1) is 24.4. The third kappa shape index (κ3) is 6.89. The van der Waals surface area contributed by atoms with Crippen molar-refractivity contribution in [1.82, 2.24) is 10.2 Å². The fraction of sp³-hybridized carbons (Fsp3) is 0.375. The molecule has 0 aromatic heterocycles. The molecule has 0 spiro atoms. The van der Waals surface area contributed by atoms with Gasteiger partial charge in [-0.05, 0) is 37.0 Å². The van der Waals surface area contributed by atoms with Crippen molar-refractivity contribution in [3.05, 3.63) is 66.2 Å². The molecule has 176 valence electrons. The van der Waals surface area contributed by atoms with Gasteiger partial charge in [-0.15, -0.1) is 0 Å². The van der Waals surface area contributed by atoms with Gasteiger partial charge in [-0.2, -0.15) is 0 Å².